The second kappa shape index (κ2) is 9.24. The van der Waals surface area contributed by atoms with Crippen molar-refractivity contribution >= 4 is 17.3 Å². The average molecular weight is 425 g/mol. The molecule has 1 unspecified atom stereocenters. The number of nitro benzene ring substituents is 1. The minimum Gasteiger partial charge on any atom is -0.486 e. The van der Waals surface area contributed by atoms with Gasteiger partial charge in [0, 0.05) is 31.6 Å². The molecule has 2 aliphatic heterocycles. The lowest BCUT2D eigenvalue weighted by atomic mass is 9.94. The van der Waals surface area contributed by atoms with Gasteiger partial charge in [-0.3, -0.25) is 14.9 Å². The number of likely N-dealkylation sites (N-methyl/N-ethyl adjacent to an activating group) is 1. The van der Waals surface area contributed by atoms with Gasteiger partial charge in [0.25, 0.3) is 5.69 Å². The van der Waals surface area contributed by atoms with Crippen LogP contribution < -0.4 is 14.4 Å². The van der Waals surface area contributed by atoms with Gasteiger partial charge >= 0.3 is 0 Å². The van der Waals surface area contributed by atoms with Gasteiger partial charge < -0.3 is 19.3 Å². The Bertz CT molecular complexity index is 942. The van der Waals surface area contributed by atoms with Gasteiger partial charge in [0.1, 0.15) is 12.3 Å². The van der Waals surface area contributed by atoms with E-state index in [-0.39, 0.29) is 28.5 Å². The zero-order valence-electron chi connectivity index (χ0n) is 17.6. The van der Waals surface area contributed by atoms with Gasteiger partial charge in [-0.15, -0.1) is 0 Å². The molecule has 0 radical (unpaired) electrons. The second-order valence-corrected chi connectivity index (χ2v) is 7.88. The van der Waals surface area contributed by atoms with E-state index in [1.807, 2.05) is 47.1 Å². The summed E-state index contributed by atoms with van der Waals surface area (Å²) in [6.07, 6.45) is 1.14. The Balaban J connectivity index is 1.35. The Kier molecular flexibility index (Phi) is 6.25. The Labute approximate surface area is 181 Å². The molecule has 1 amide bonds. The van der Waals surface area contributed by atoms with Gasteiger partial charge in [-0.25, -0.2) is 0 Å². The smallest absolute Gasteiger partial charge is 0.292 e. The molecule has 1 atom stereocenters. The number of benzene rings is 2. The van der Waals surface area contributed by atoms with Crippen molar-refractivity contribution in [1.82, 2.24) is 4.90 Å². The Hall–Kier alpha value is -3.29. The molecule has 164 valence electrons. The van der Waals surface area contributed by atoms with E-state index in [1.165, 1.54) is 6.07 Å². The zero-order chi connectivity index (χ0) is 21.8. The maximum atomic E-state index is 13.2. The molecule has 8 heteroatoms. The third-order valence-electron chi connectivity index (χ3n) is 5.95. The van der Waals surface area contributed by atoms with Crippen molar-refractivity contribution in [2.24, 2.45) is 5.92 Å². The fourth-order valence-corrected chi connectivity index (χ4v) is 4.29. The average Bonchev–Trinajstić information content (AvgIpc) is 2.82. The van der Waals surface area contributed by atoms with Crippen LogP contribution in [0.3, 0.4) is 0 Å². The van der Waals surface area contributed by atoms with Gasteiger partial charge in [0.05, 0.1) is 11.5 Å². The summed E-state index contributed by atoms with van der Waals surface area (Å²) in [5.74, 6) is 1.47. The highest BCUT2D eigenvalue weighted by atomic mass is 16.6. The summed E-state index contributed by atoms with van der Waals surface area (Å²) in [5, 5.41) is 11.3. The van der Waals surface area contributed by atoms with Gasteiger partial charge in [-0.2, -0.15) is 0 Å². The zero-order valence-corrected chi connectivity index (χ0v) is 17.6. The normalized spacial score (nSPS) is 18.5. The molecular weight excluding hydrogens is 398 g/mol. The van der Waals surface area contributed by atoms with E-state index in [0.29, 0.717) is 57.1 Å². The quantitative estimate of drug-likeness (QED) is 0.520. The van der Waals surface area contributed by atoms with E-state index in [2.05, 4.69) is 0 Å². The first-order chi connectivity index (χ1) is 15.1. The molecule has 2 aromatic rings. The van der Waals surface area contributed by atoms with Crippen LogP contribution in [0.2, 0.25) is 0 Å². The van der Waals surface area contributed by atoms with Crippen LogP contribution in [0, 0.1) is 16.0 Å². The Morgan fingerprint density at radius 2 is 1.81 bits per heavy atom. The maximum absolute atomic E-state index is 13.2. The van der Waals surface area contributed by atoms with Crippen LogP contribution in [0.1, 0.15) is 19.8 Å². The van der Waals surface area contributed by atoms with Crippen molar-refractivity contribution in [2.45, 2.75) is 25.9 Å². The molecule has 2 heterocycles. The highest BCUT2D eigenvalue weighted by Gasteiger charge is 2.32. The largest absolute Gasteiger partial charge is 0.486 e. The summed E-state index contributed by atoms with van der Waals surface area (Å²) >= 11 is 0. The molecule has 0 N–H and O–H groups in total. The predicted octanol–water partition coefficient (Wildman–Crippen LogP) is 3.50. The van der Waals surface area contributed by atoms with E-state index >= 15 is 0 Å². The number of rotatable bonds is 6. The first-order valence-corrected chi connectivity index (χ1v) is 10.7. The molecule has 2 aliphatic rings. The highest BCUT2D eigenvalue weighted by molar-refractivity contribution is 5.79. The van der Waals surface area contributed by atoms with Crippen molar-refractivity contribution in [3.63, 3.8) is 0 Å². The predicted molar refractivity (Wildman–Crippen MR) is 117 cm³/mol. The lowest BCUT2D eigenvalue weighted by molar-refractivity contribution is -0.384. The first kappa shape index (κ1) is 21.0. The number of hydrogen-bond donors (Lipinski definition) is 0. The summed E-state index contributed by atoms with van der Waals surface area (Å²) < 4.78 is 11.8. The topological polar surface area (TPSA) is 85.2 Å². The number of para-hydroxylation sites is 4. The number of hydrogen-bond acceptors (Lipinski definition) is 6. The lowest BCUT2D eigenvalue weighted by Crippen LogP contribution is -2.47. The number of piperidine rings is 1. The number of nitro groups is 1. The molecule has 2 aromatic carbocycles. The third-order valence-corrected chi connectivity index (χ3v) is 5.95. The van der Waals surface area contributed by atoms with Gasteiger partial charge in [0.15, 0.2) is 17.6 Å². The molecule has 0 aliphatic carbocycles. The van der Waals surface area contributed by atoms with Crippen LogP contribution in [-0.4, -0.2) is 54.6 Å². The van der Waals surface area contributed by atoms with Gasteiger partial charge in [0.2, 0.25) is 5.91 Å². The van der Waals surface area contributed by atoms with E-state index in [0.717, 1.165) is 5.75 Å². The van der Waals surface area contributed by atoms with Crippen LogP contribution in [0.25, 0.3) is 0 Å². The second-order valence-electron chi connectivity index (χ2n) is 7.88. The molecule has 0 saturated carbocycles. The molecule has 4 rings (SSSR count). The molecular formula is C23H27N3O5. The summed E-state index contributed by atoms with van der Waals surface area (Å²) in [7, 11) is 0. The van der Waals surface area contributed by atoms with Crippen molar-refractivity contribution in [2.75, 3.05) is 37.7 Å². The molecule has 0 aromatic heterocycles. The van der Waals surface area contributed by atoms with Crippen molar-refractivity contribution < 1.29 is 19.2 Å². The number of amides is 1. The van der Waals surface area contributed by atoms with E-state index in [1.54, 1.807) is 12.1 Å². The van der Waals surface area contributed by atoms with Crippen LogP contribution in [0.15, 0.2) is 48.5 Å². The first-order valence-electron chi connectivity index (χ1n) is 10.7. The van der Waals surface area contributed by atoms with E-state index in [9.17, 15) is 14.9 Å². The van der Waals surface area contributed by atoms with E-state index < -0.39 is 0 Å². The number of nitrogens with zero attached hydrogens (tertiary/aromatic N) is 3. The fourth-order valence-electron chi connectivity index (χ4n) is 4.29. The highest BCUT2D eigenvalue weighted by Crippen LogP contribution is 2.33. The summed E-state index contributed by atoms with van der Waals surface area (Å²) in [6.45, 7) is 4.71. The molecule has 1 saturated heterocycles. The molecule has 0 spiro atoms. The van der Waals surface area contributed by atoms with Crippen LogP contribution >= 0.6 is 0 Å². The number of ether oxygens (including phenoxy) is 2. The van der Waals surface area contributed by atoms with E-state index in [4.69, 9.17) is 9.47 Å². The molecule has 0 bridgehead atoms. The minimum atomic E-state index is -0.351. The fraction of sp³-hybridized carbons (Fsp3) is 0.435. The lowest BCUT2D eigenvalue weighted by Gasteiger charge is -2.36. The van der Waals surface area contributed by atoms with Crippen LogP contribution in [0.4, 0.5) is 11.4 Å². The summed E-state index contributed by atoms with van der Waals surface area (Å²) in [5.41, 5.74) is 0.731. The van der Waals surface area contributed by atoms with Crippen molar-refractivity contribution in [1.29, 1.82) is 0 Å². The van der Waals surface area contributed by atoms with Crippen molar-refractivity contribution in [3.05, 3.63) is 58.6 Å². The van der Waals surface area contributed by atoms with Gasteiger partial charge in [-0.1, -0.05) is 24.3 Å². The molecule has 31 heavy (non-hydrogen) atoms. The summed E-state index contributed by atoms with van der Waals surface area (Å²) in [4.78, 5) is 28.0. The Morgan fingerprint density at radius 3 is 2.52 bits per heavy atom. The van der Waals surface area contributed by atoms with Crippen LogP contribution in [-0.2, 0) is 4.79 Å². The molecule has 8 nitrogen and oxygen atoms in total. The number of carbonyl (C=O) groups is 1. The molecule has 1 fully saturated rings. The Morgan fingerprint density at radius 1 is 1.13 bits per heavy atom. The van der Waals surface area contributed by atoms with Crippen LogP contribution in [0.5, 0.6) is 11.5 Å². The SMILES string of the molecule is CCN(CC1COc2ccccc2O1)C(=O)C1CCN(c2ccccc2[N+](=O)[O-])CC1. The third kappa shape index (κ3) is 4.57. The summed E-state index contributed by atoms with van der Waals surface area (Å²) in [6, 6.07) is 14.3. The standard InChI is InChI=1S/C23H27N3O5/c1-2-24(15-18-16-30-21-9-5-6-10-22(21)31-18)23(27)17-11-13-25(14-12-17)19-7-3-4-8-20(19)26(28)29/h3-10,17-18H,2,11-16H2,1H3. The minimum absolute atomic E-state index is 0.0873. The van der Waals surface area contributed by atoms with Crippen molar-refractivity contribution in [3.8, 4) is 11.5 Å². The monoisotopic (exact) mass is 425 g/mol. The maximum Gasteiger partial charge on any atom is 0.292 e. The number of fused-ring (bicyclic) bond motifs is 1. The van der Waals surface area contributed by atoms with Gasteiger partial charge in [-0.05, 0) is 38.0 Å². The number of carbonyl (C=O) groups excluding carboxylic acids is 1. The number of anilines is 1.